The Morgan fingerprint density at radius 2 is 1.97 bits per heavy atom. The minimum Gasteiger partial charge on any atom is -0.447 e. The van der Waals surface area contributed by atoms with Gasteiger partial charge in [-0.2, -0.15) is 5.26 Å². The van der Waals surface area contributed by atoms with E-state index in [1.54, 1.807) is 29.6 Å². The van der Waals surface area contributed by atoms with Crippen molar-refractivity contribution in [3.63, 3.8) is 0 Å². The number of amides is 3. The van der Waals surface area contributed by atoms with Crippen LogP contribution in [0.15, 0.2) is 53.9 Å². The zero-order valence-corrected chi connectivity index (χ0v) is 17.0. The molecule has 2 aromatic carbocycles. The van der Waals surface area contributed by atoms with Crippen LogP contribution in [0.25, 0.3) is 11.1 Å². The van der Waals surface area contributed by atoms with Crippen LogP contribution in [0.5, 0.6) is 0 Å². The molecule has 154 valence electrons. The first kappa shape index (κ1) is 21.4. The van der Waals surface area contributed by atoms with Crippen molar-refractivity contribution < 1.29 is 14.3 Å². The summed E-state index contributed by atoms with van der Waals surface area (Å²) in [6, 6.07) is 15.4. The van der Waals surface area contributed by atoms with Crippen molar-refractivity contribution in [1.82, 2.24) is 10.3 Å². The highest BCUT2D eigenvalue weighted by Gasteiger charge is 2.18. The van der Waals surface area contributed by atoms with Gasteiger partial charge in [0.2, 0.25) is 0 Å². The SMILES string of the molecule is C#Cc1nc(NC(=O)NC(COC(N)=O)c2ccc(-c3ccccc3C#N)cc2)cs1. The van der Waals surface area contributed by atoms with Crippen LogP contribution < -0.4 is 16.4 Å². The van der Waals surface area contributed by atoms with Crippen LogP contribution in [0.2, 0.25) is 0 Å². The molecule has 1 unspecified atom stereocenters. The lowest BCUT2D eigenvalue weighted by molar-refractivity contribution is 0.144. The van der Waals surface area contributed by atoms with Crippen LogP contribution in [0.3, 0.4) is 0 Å². The van der Waals surface area contributed by atoms with Crippen LogP contribution in [0.1, 0.15) is 22.2 Å². The van der Waals surface area contributed by atoms with Gasteiger partial charge >= 0.3 is 12.1 Å². The summed E-state index contributed by atoms with van der Waals surface area (Å²) in [7, 11) is 0. The molecular formula is C22H17N5O3S. The summed E-state index contributed by atoms with van der Waals surface area (Å²) in [4.78, 5) is 27.5. The number of nitrogens with one attached hydrogen (secondary N) is 2. The van der Waals surface area contributed by atoms with E-state index in [-0.39, 0.29) is 6.61 Å². The van der Waals surface area contributed by atoms with Crippen molar-refractivity contribution in [3.8, 4) is 29.5 Å². The lowest BCUT2D eigenvalue weighted by atomic mass is 9.98. The molecule has 3 aromatic rings. The molecule has 1 atom stereocenters. The average molecular weight is 431 g/mol. The number of ether oxygens (including phenoxy) is 1. The molecule has 8 nitrogen and oxygen atoms in total. The molecule has 0 radical (unpaired) electrons. The number of benzene rings is 2. The third-order valence-electron chi connectivity index (χ3n) is 4.24. The van der Waals surface area contributed by atoms with Gasteiger partial charge in [0.25, 0.3) is 0 Å². The second-order valence-corrected chi connectivity index (χ2v) is 7.10. The van der Waals surface area contributed by atoms with E-state index in [0.717, 1.165) is 11.1 Å². The maximum absolute atomic E-state index is 12.4. The fourth-order valence-electron chi connectivity index (χ4n) is 2.82. The van der Waals surface area contributed by atoms with Gasteiger partial charge < -0.3 is 15.8 Å². The number of nitrogens with two attached hydrogens (primary N) is 1. The summed E-state index contributed by atoms with van der Waals surface area (Å²) in [5.74, 6) is 2.70. The normalized spacial score (nSPS) is 10.9. The van der Waals surface area contributed by atoms with Gasteiger partial charge in [-0.15, -0.1) is 17.8 Å². The van der Waals surface area contributed by atoms with Gasteiger partial charge in [-0.05, 0) is 28.7 Å². The van der Waals surface area contributed by atoms with E-state index in [0.29, 0.717) is 22.0 Å². The molecule has 0 aliphatic heterocycles. The Morgan fingerprint density at radius 3 is 2.61 bits per heavy atom. The van der Waals surface area contributed by atoms with E-state index in [2.05, 4.69) is 27.6 Å². The number of hydrogen-bond donors (Lipinski definition) is 3. The quantitative estimate of drug-likeness (QED) is 0.513. The molecule has 0 saturated heterocycles. The number of primary amides is 1. The zero-order valence-electron chi connectivity index (χ0n) is 16.2. The van der Waals surface area contributed by atoms with E-state index in [1.807, 2.05) is 24.3 Å². The monoisotopic (exact) mass is 431 g/mol. The minimum atomic E-state index is -0.954. The number of anilines is 1. The Balaban J connectivity index is 1.78. The highest BCUT2D eigenvalue weighted by atomic mass is 32.1. The maximum Gasteiger partial charge on any atom is 0.404 e. The van der Waals surface area contributed by atoms with E-state index in [4.69, 9.17) is 16.9 Å². The predicted molar refractivity (Wildman–Crippen MR) is 117 cm³/mol. The Morgan fingerprint density at radius 1 is 1.23 bits per heavy atom. The zero-order chi connectivity index (χ0) is 22.2. The van der Waals surface area contributed by atoms with Crippen molar-refractivity contribution in [2.75, 3.05) is 11.9 Å². The predicted octanol–water partition coefficient (Wildman–Crippen LogP) is 3.62. The molecule has 0 fully saturated rings. The van der Waals surface area contributed by atoms with Gasteiger partial charge in [-0.25, -0.2) is 14.6 Å². The van der Waals surface area contributed by atoms with Crippen molar-refractivity contribution in [3.05, 3.63) is 70.0 Å². The van der Waals surface area contributed by atoms with Crippen molar-refractivity contribution in [2.45, 2.75) is 6.04 Å². The van der Waals surface area contributed by atoms with Gasteiger partial charge in [0, 0.05) is 5.38 Å². The third-order valence-corrected chi connectivity index (χ3v) is 5.01. The minimum absolute atomic E-state index is 0.163. The Kier molecular flexibility index (Phi) is 6.84. The topological polar surface area (TPSA) is 130 Å². The molecule has 0 spiro atoms. The lowest BCUT2D eigenvalue weighted by Gasteiger charge is -2.19. The summed E-state index contributed by atoms with van der Waals surface area (Å²) in [6.07, 6.45) is 4.33. The standard InChI is InChI=1S/C22H17N5O3S/c1-2-20-26-19(13-31-20)27-22(29)25-18(12-30-21(24)28)15-9-7-14(8-10-15)17-6-4-3-5-16(17)11-23/h1,3-10,13,18H,12H2,(H2,24,28)(H2,25,27,29). The van der Waals surface area contributed by atoms with Gasteiger partial charge in [-0.1, -0.05) is 42.5 Å². The first-order valence-electron chi connectivity index (χ1n) is 9.01. The molecule has 31 heavy (non-hydrogen) atoms. The molecule has 1 heterocycles. The second-order valence-electron chi connectivity index (χ2n) is 6.24. The van der Waals surface area contributed by atoms with Crippen molar-refractivity contribution >= 4 is 29.3 Å². The largest absolute Gasteiger partial charge is 0.447 e. The van der Waals surface area contributed by atoms with Gasteiger partial charge in [0.15, 0.2) is 5.01 Å². The number of rotatable bonds is 6. The van der Waals surface area contributed by atoms with Gasteiger partial charge in [0.1, 0.15) is 12.4 Å². The van der Waals surface area contributed by atoms with Gasteiger partial charge in [0.05, 0.1) is 17.7 Å². The number of nitrogens with zero attached hydrogens (tertiary/aromatic N) is 2. The van der Waals surface area contributed by atoms with E-state index in [1.165, 1.54) is 11.3 Å². The second kappa shape index (κ2) is 9.92. The summed E-state index contributed by atoms with van der Waals surface area (Å²) in [5, 5.41) is 16.7. The first-order valence-corrected chi connectivity index (χ1v) is 9.89. The highest BCUT2D eigenvalue weighted by Crippen LogP contribution is 2.25. The Labute approximate surface area is 182 Å². The van der Waals surface area contributed by atoms with Crippen molar-refractivity contribution in [2.24, 2.45) is 5.73 Å². The number of terminal acetylenes is 1. The first-order chi connectivity index (χ1) is 15.0. The number of hydrogen-bond acceptors (Lipinski definition) is 6. The average Bonchev–Trinajstić information content (AvgIpc) is 3.24. The summed E-state index contributed by atoms with van der Waals surface area (Å²) in [5.41, 5.74) is 7.93. The number of nitriles is 1. The van der Waals surface area contributed by atoms with Crippen LogP contribution in [0.4, 0.5) is 15.4 Å². The molecule has 9 heteroatoms. The van der Waals surface area contributed by atoms with E-state index >= 15 is 0 Å². The number of carbonyl (C=O) groups excluding carboxylic acids is 2. The van der Waals surface area contributed by atoms with Crippen LogP contribution in [-0.4, -0.2) is 23.7 Å². The van der Waals surface area contributed by atoms with E-state index < -0.39 is 18.2 Å². The van der Waals surface area contributed by atoms with Gasteiger partial charge in [-0.3, -0.25) is 5.32 Å². The number of aromatic nitrogens is 1. The van der Waals surface area contributed by atoms with Crippen LogP contribution >= 0.6 is 11.3 Å². The molecule has 0 aliphatic carbocycles. The fourth-order valence-corrected chi connectivity index (χ4v) is 3.38. The Bertz CT molecular complexity index is 1170. The van der Waals surface area contributed by atoms with E-state index in [9.17, 15) is 14.9 Å². The molecule has 0 saturated carbocycles. The highest BCUT2D eigenvalue weighted by molar-refractivity contribution is 7.10. The molecule has 4 N–H and O–H groups in total. The van der Waals surface area contributed by atoms with Crippen LogP contribution in [-0.2, 0) is 4.74 Å². The Hall–Kier alpha value is -4.34. The van der Waals surface area contributed by atoms with Crippen LogP contribution in [0, 0.1) is 23.7 Å². The molecule has 0 bridgehead atoms. The molecule has 0 aliphatic rings. The summed E-state index contributed by atoms with van der Waals surface area (Å²) < 4.78 is 4.90. The smallest absolute Gasteiger partial charge is 0.404 e. The fraction of sp³-hybridized carbons (Fsp3) is 0.0909. The maximum atomic E-state index is 12.4. The molecular weight excluding hydrogens is 414 g/mol. The third kappa shape index (κ3) is 5.60. The number of carbonyl (C=O) groups is 2. The molecule has 3 amide bonds. The number of urea groups is 1. The summed E-state index contributed by atoms with van der Waals surface area (Å²) >= 11 is 1.22. The molecule has 1 aromatic heterocycles. The van der Waals surface area contributed by atoms with Crippen molar-refractivity contribution in [1.29, 1.82) is 5.26 Å². The molecule has 3 rings (SSSR count). The lowest BCUT2D eigenvalue weighted by Crippen LogP contribution is -2.36. The summed E-state index contributed by atoms with van der Waals surface area (Å²) in [6.45, 7) is -0.163. The number of thiazole rings is 1.